The maximum atomic E-state index is 13.2. The Labute approximate surface area is 185 Å². The van der Waals surface area contributed by atoms with Gasteiger partial charge >= 0.3 is 6.18 Å². The van der Waals surface area contributed by atoms with Gasteiger partial charge in [-0.25, -0.2) is 9.97 Å². The maximum Gasteiger partial charge on any atom is 0.433 e. The molecule has 2 aromatic heterocycles. The third-order valence-corrected chi connectivity index (χ3v) is 5.16. The van der Waals surface area contributed by atoms with E-state index in [-0.39, 0.29) is 46.4 Å². The first-order valence-electron chi connectivity index (χ1n) is 9.97. The zero-order valence-corrected chi connectivity index (χ0v) is 17.7. The van der Waals surface area contributed by atoms with Crippen LogP contribution in [-0.2, 0) is 11.0 Å². The summed E-state index contributed by atoms with van der Waals surface area (Å²) in [6.07, 6.45) is -4.64. The molecule has 1 aliphatic rings. The second-order valence-electron chi connectivity index (χ2n) is 7.50. The van der Waals surface area contributed by atoms with E-state index in [0.29, 0.717) is 18.7 Å². The van der Waals surface area contributed by atoms with Crippen LogP contribution in [0.4, 0.5) is 13.2 Å². The molecule has 0 bridgehead atoms. The Hall–Kier alpha value is -3.67. The van der Waals surface area contributed by atoms with Crippen molar-refractivity contribution >= 4 is 22.7 Å². The normalized spacial score (nSPS) is 15.5. The number of amides is 2. The van der Waals surface area contributed by atoms with Gasteiger partial charge in [-0.15, -0.1) is 0 Å². The van der Waals surface area contributed by atoms with Crippen LogP contribution in [0.5, 0.6) is 5.75 Å². The van der Waals surface area contributed by atoms with Crippen molar-refractivity contribution < 1.29 is 31.9 Å². The Morgan fingerprint density at radius 1 is 1.27 bits per heavy atom. The van der Waals surface area contributed by atoms with E-state index >= 15 is 0 Å². The first-order chi connectivity index (χ1) is 15.6. The Bertz CT molecular complexity index is 1240. The van der Waals surface area contributed by atoms with E-state index < -0.39 is 23.8 Å². The number of oxazole rings is 1. The SMILES string of the molecule is COc1ccc(-c2nc(C(=O)N3CCNC(=O)C3)c([C@H](C)N)o2)c2ccc(C(F)(F)F)nc12. The molecule has 3 heterocycles. The van der Waals surface area contributed by atoms with Gasteiger partial charge in [0.2, 0.25) is 11.8 Å². The Morgan fingerprint density at radius 2 is 2.03 bits per heavy atom. The number of rotatable bonds is 4. The quantitative estimate of drug-likeness (QED) is 0.609. The van der Waals surface area contributed by atoms with Gasteiger partial charge in [0.1, 0.15) is 17.0 Å². The molecular formula is C21H20F3N5O4. The van der Waals surface area contributed by atoms with Crippen LogP contribution >= 0.6 is 0 Å². The summed E-state index contributed by atoms with van der Waals surface area (Å²) >= 11 is 0. The van der Waals surface area contributed by atoms with E-state index in [1.54, 1.807) is 13.0 Å². The van der Waals surface area contributed by atoms with Crippen molar-refractivity contribution in [2.75, 3.05) is 26.7 Å². The summed E-state index contributed by atoms with van der Waals surface area (Å²) in [7, 11) is 1.32. The minimum Gasteiger partial charge on any atom is -0.494 e. The highest BCUT2D eigenvalue weighted by atomic mass is 19.4. The highest BCUT2D eigenvalue weighted by Gasteiger charge is 2.34. The number of aromatic nitrogens is 2. The molecule has 2 amide bonds. The zero-order valence-electron chi connectivity index (χ0n) is 17.7. The monoisotopic (exact) mass is 463 g/mol. The molecule has 0 saturated carbocycles. The Kier molecular flexibility index (Phi) is 5.70. The maximum absolute atomic E-state index is 13.2. The molecule has 0 spiro atoms. The molecule has 0 aliphatic carbocycles. The topological polar surface area (TPSA) is 124 Å². The van der Waals surface area contributed by atoms with Crippen molar-refractivity contribution in [3.63, 3.8) is 0 Å². The Morgan fingerprint density at radius 3 is 2.67 bits per heavy atom. The van der Waals surface area contributed by atoms with E-state index in [2.05, 4.69) is 15.3 Å². The number of fused-ring (bicyclic) bond motifs is 1. The van der Waals surface area contributed by atoms with E-state index in [0.717, 1.165) is 6.07 Å². The summed E-state index contributed by atoms with van der Waals surface area (Å²) in [5.74, 6) is -0.601. The largest absolute Gasteiger partial charge is 0.494 e. The number of carbonyl (C=O) groups is 2. The van der Waals surface area contributed by atoms with Crippen LogP contribution in [-0.4, -0.2) is 53.4 Å². The summed E-state index contributed by atoms with van der Waals surface area (Å²) in [5.41, 5.74) is 5.13. The first kappa shape index (κ1) is 22.5. The smallest absolute Gasteiger partial charge is 0.433 e. The van der Waals surface area contributed by atoms with Crippen molar-refractivity contribution in [2.24, 2.45) is 5.73 Å². The van der Waals surface area contributed by atoms with Gasteiger partial charge in [0.15, 0.2) is 11.5 Å². The Balaban J connectivity index is 1.84. The number of piperazine rings is 1. The fourth-order valence-corrected chi connectivity index (χ4v) is 3.57. The molecule has 12 heteroatoms. The van der Waals surface area contributed by atoms with Crippen LogP contribution in [0.3, 0.4) is 0 Å². The lowest BCUT2D eigenvalue weighted by Gasteiger charge is -2.26. The van der Waals surface area contributed by atoms with Gasteiger partial charge in [-0.1, -0.05) is 0 Å². The van der Waals surface area contributed by atoms with E-state index in [1.165, 1.54) is 24.1 Å². The number of alkyl halides is 3. The second-order valence-corrected chi connectivity index (χ2v) is 7.50. The average Bonchev–Trinajstić information content (AvgIpc) is 3.22. The summed E-state index contributed by atoms with van der Waals surface area (Å²) < 4.78 is 50.6. The molecule has 0 radical (unpaired) electrons. The molecule has 3 aromatic rings. The summed E-state index contributed by atoms with van der Waals surface area (Å²) in [6, 6.07) is 4.38. The lowest BCUT2D eigenvalue weighted by Crippen LogP contribution is -2.50. The van der Waals surface area contributed by atoms with E-state index in [1.807, 2.05) is 0 Å². The number of nitrogens with one attached hydrogen (secondary N) is 1. The molecule has 0 unspecified atom stereocenters. The van der Waals surface area contributed by atoms with Gasteiger partial charge in [0, 0.05) is 24.0 Å². The fourth-order valence-electron chi connectivity index (χ4n) is 3.57. The lowest BCUT2D eigenvalue weighted by atomic mass is 10.1. The van der Waals surface area contributed by atoms with Gasteiger partial charge < -0.3 is 25.1 Å². The van der Waals surface area contributed by atoms with Crippen LogP contribution in [0.2, 0.25) is 0 Å². The molecule has 3 N–H and O–H groups in total. The zero-order chi connectivity index (χ0) is 23.9. The van der Waals surface area contributed by atoms with Crippen molar-refractivity contribution in [3.05, 3.63) is 41.4 Å². The standard InChI is InChI=1S/C21H20F3N5O4/c1-10(25)18-17(20(31)29-8-7-26-15(30)9-29)28-19(33-18)12-3-5-13(32-2)16-11(12)4-6-14(27-16)21(22,23)24/h3-6,10H,7-9,25H2,1-2H3,(H,26,30)/t10-/m0/s1. The number of carbonyl (C=O) groups excluding carboxylic acids is 2. The summed E-state index contributed by atoms with van der Waals surface area (Å²) in [5, 5.41) is 2.92. The number of methoxy groups -OCH3 is 1. The van der Waals surface area contributed by atoms with Gasteiger partial charge in [-0.05, 0) is 31.2 Å². The van der Waals surface area contributed by atoms with Crippen molar-refractivity contribution in [1.82, 2.24) is 20.2 Å². The third-order valence-electron chi connectivity index (χ3n) is 5.16. The molecule has 9 nitrogen and oxygen atoms in total. The predicted molar refractivity (Wildman–Crippen MR) is 110 cm³/mol. The van der Waals surface area contributed by atoms with Crippen molar-refractivity contribution in [1.29, 1.82) is 0 Å². The summed E-state index contributed by atoms with van der Waals surface area (Å²) in [4.78, 5) is 34.1. The average molecular weight is 463 g/mol. The van der Waals surface area contributed by atoms with Crippen LogP contribution in [0.1, 0.15) is 34.9 Å². The molecular weight excluding hydrogens is 443 g/mol. The molecule has 1 fully saturated rings. The highest BCUT2D eigenvalue weighted by molar-refractivity contribution is 5.99. The number of pyridine rings is 1. The number of nitrogens with two attached hydrogens (primary N) is 1. The lowest BCUT2D eigenvalue weighted by molar-refractivity contribution is -0.141. The molecule has 1 aromatic carbocycles. The fraction of sp³-hybridized carbons (Fsp3) is 0.333. The molecule has 1 aliphatic heterocycles. The van der Waals surface area contributed by atoms with Gasteiger partial charge in [0.05, 0.1) is 19.7 Å². The molecule has 174 valence electrons. The highest BCUT2D eigenvalue weighted by Crippen LogP contribution is 2.37. The summed E-state index contributed by atoms with van der Waals surface area (Å²) in [6.45, 7) is 2.07. The van der Waals surface area contributed by atoms with Crippen LogP contribution in [0, 0.1) is 0 Å². The number of hydrogen-bond donors (Lipinski definition) is 2. The molecule has 1 atom stereocenters. The van der Waals surface area contributed by atoms with Crippen LogP contribution < -0.4 is 15.8 Å². The predicted octanol–water partition coefficient (Wildman–Crippen LogP) is 2.51. The van der Waals surface area contributed by atoms with Crippen molar-refractivity contribution in [2.45, 2.75) is 19.1 Å². The molecule has 33 heavy (non-hydrogen) atoms. The minimum atomic E-state index is -4.64. The van der Waals surface area contributed by atoms with Crippen LogP contribution in [0.15, 0.2) is 28.7 Å². The minimum absolute atomic E-state index is 0.0127. The van der Waals surface area contributed by atoms with E-state index in [9.17, 15) is 22.8 Å². The van der Waals surface area contributed by atoms with Gasteiger partial charge in [0.25, 0.3) is 5.91 Å². The van der Waals surface area contributed by atoms with Crippen LogP contribution in [0.25, 0.3) is 22.4 Å². The molecule has 4 rings (SSSR count). The third kappa shape index (κ3) is 4.21. The second kappa shape index (κ2) is 8.35. The number of hydrogen-bond acceptors (Lipinski definition) is 7. The van der Waals surface area contributed by atoms with Crippen molar-refractivity contribution in [3.8, 4) is 17.2 Å². The number of ether oxygens (including phenoxy) is 1. The number of halogens is 3. The molecule has 1 saturated heterocycles. The number of benzene rings is 1. The van der Waals surface area contributed by atoms with Gasteiger partial charge in [-0.2, -0.15) is 13.2 Å². The first-order valence-corrected chi connectivity index (χ1v) is 9.97. The van der Waals surface area contributed by atoms with E-state index in [4.69, 9.17) is 14.9 Å². The van der Waals surface area contributed by atoms with Gasteiger partial charge in [-0.3, -0.25) is 9.59 Å². The number of nitrogens with zero attached hydrogens (tertiary/aromatic N) is 3.